The third-order valence-electron chi connectivity index (χ3n) is 2.74. The van der Waals surface area contributed by atoms with Crippen LogP contribution < -0.4 is 9.64 Å². The van der Waals surface area contributed by atoms with Crippen molar-refractivity contribution in [3.8, 4) is 5.75 Å². The molecule has 0 aliphatic carbocycles. The number of likely N-dealkylation sites (N-methyl/N-ethyl adjacent to an activating group) is 1. The highest BCUT2D eigenvalue weighted by Crippen LogP contribution is 2.38. The van der Waals surface area contributed by atoms with E-state index in [9.17, 15) is 4.79 Å². The second-order valence-corrected chi connectivity index (χ2v) is 5.95. The van der Waals surface area contributed by atoms with E-state index in [1.807, 2.05) is 13.8 Å². The van der Waals surface area contributed by atoms with Gasteiger partial charge in [0, 0.05) is 13.1 Å². The van der Waals surface area contributed by atoms with Crippen molar-refractivity contribution in [3.63, 3.8) is 0 Å². The molecule has 0 radical (unpaired) electrons. The number of carbonyl (C=O) groups is 1. The van der Waals surface area contributed by atoms with Crippen LogP contribution in [0.1, 0.15) is 13.8 Å². The van der Waals surface area contributed by atoms with Crippen LogP contribution in [0.5, 0.6) is 5.75 Å². The first-order chi connectivity index (χ1) is 9.31. The predicted molar refractivity (Wildman–Crippen MR) is 84.9 cm³/mol. The van der Waals surface area contributed by atoms with Crippen LogP contribution in [0.2, 0.25) is 10.0 Å². The molecule has 1 heterocycles. The summed E-state index contributed by atoms with van der Waals surface area (Å²) in [6, 6.07) is 3.21. The molecule has 1 amide bonds. The van der Waals surface area contributed by atoms with E-state index in [4.69, 9.17) is 40.2 Å². The van der Waals surface area contributed by atoms with E-state index in [-0.39, 0.29) is 18.6 Å². The molecule has 1 aromatic rings. The molecule has 1 saturated heterocycles. The lowest BCUT2D eigenvalue weighted by atomic mass is 10.2. The number of halogens is 2. The molecule has 1 aliphatic rings. The largest absolute Gasteiger partial charge is 0.489 e. The number of hydrogen-bond donors (Lipinski definition) is 0. The van der Waals surface area contributed by atoms with E-state index in [1.54, 1.807) is 24.1 Å². The maximum Gasteiger partial charge on any atom is 0.252 e. The van der Waals surface area contributed by atoms with Crippen LogP contribution in [0.15, 0.2) is 12.1 Å². The van der Waals surface area contributed by atoms with Crippen LogP contribution in [0.3, 0.4) is 0 Å². The molecule has 20 heavy (non-hydrogen) atoms. The average Bonchev–Trinajstić information content (AvgIpc) is 2.58. The van der Waals surface area contributed by atoms with E-state index in [2.05, 4.69) is 0 Å². The number of hydrogen-bond acceptors (Lipinski definition) is 3. The van der Waals surface area contributed by atoms with Gasteiger partial charge in [-0.3, -0.25) is 9.69 Å². The van der Waals surface area contributed by atoms with Gasteiger partial charge in [0.25, 0.3) is 5.91 Å². The molecular formula is C13H14Cl2N2O2S. The van der Waals surface area contributed by atoms with Gasteiger partial charge in [-0.05, 0) is 32.1 Å². The van der Waals surface area contributed by atoms with Gasteiger partial charge in [-0.15, -0.1) is 0 Å². The van der Waals surface area contributed by atoms with Gasteiger partial charge in [-0.2, -0.15) is 0 Å². The lowest BCUT2D eigenvalue weighted by molar-refractivity contribution is -0.116. The molecule has 0 unspecified atom stereocenters. The summed E-state index contributed by atoms with van der Waals surface area (Å²) in [6.45, 7) is 4.02. The van der Waals surface area contributed by atoms with Gasteiger partial charge < -0.3 is 9.64 Å². The zero-order chi connectivity index (χ0) is 15.0. The Balaban J connectivity index is 2.41. The van der Waals surface area contributed by atoms with Crippen LogP contribution in [-0.4, -0.2) is 35.6 Å². The first-order valence-corrected chi connectivity index (χ1v) is 7.21. The molecule has 2 rings (SSSR count). The summed E-state index contributed by atoms with van der Waals surface area (Å²) in [7, 11) is 1.76. The van der Waals surface area contributed by atoms with E-state index >= 15 is 0 Å². The van der Waals surface area contributed by atoms with Crippen molar-refractivity contribution in [2.24, 2.45) is 0 Å². The number of benzene rings is 1. The molecule has 108 valence electrons. The number of anilines is 1. The summed E-state index contributed by atoms with van der Waals surface area (Å²) >= 11 is 17.6. The second kappa shape index (κ2) is 5.76. The fraction of sp³-hybridized carbons (Fsp3) is 0.385. The summed E-state index contributed by atoms with van der Waals surface area (Å²) in [5, 5.41) is 1.17. The third-order valence-corrected chi connectivity index (χ3v) is 3.84. The SMILES string of the molecule is CC(C)Oc1cc(Cl)c(N2C(=O)CN(C)C2=S)cc1Cl. The zero-order valence-electron chi connectivity index (χ0n) is 11.3. The van der Waals surface area contributed by atoms with Crippen LogP contribution in [-0.2, 0) is 4.79 Å². The topological polar surface area (TPSA) is 32.8 Å². The van der Waals surface area contributed by atoms with Gasteiger partial charge in [0.15, 0.2) is 5.11 Å². The number of thiocarbonyl (C=S) groups is 1. The average molecular weight is 333 g/mol. The van der Waals surface area contributed by atoms with Crippen LogP contribution in [0, 0.1) is 0 Å². The van der Waals surface area contributed by atoms with Crippen molar-refractivity contribution in [1.29, 1.82) is 0 Å². The maximum atomic E-state index is 12.0. The van der Waals surface area contributed by atoms with Gasteiger partial charge in [0.1, 0.15) is 5.75 Å². The standard InChI is InChI=1S/C13H14Cl2N2O2S/c1-7(2)19-11-5-8(14)10(4-9(11)15)17-12(18)6-16(3)13(17)20/h4-5,7H,6H2,1-3H3. The Hall–Kier alpha value is -1.04. The molecule has 7 heteroatoms. The molecule has 0 spiro atoms. The Morgan fingerprint density at radius 3 is 2.45 bits per heavy atom. The maximum absolute atomic E-state index is 12.0. The second-order valence-electron chi connectivity index (χ2n) is 4.77. The number of amides is 1. The van der Waals surface area contributed by atoms with Crippen molar-refractivity contribution in [1.82, 2.24) is 4.90 Å². The van der Waals surface area contributed by atoms with Gasteiger partial charge in [0.2, 0.25) is 0 Å². The summed E-state index contributed by atoms with van der Waals surface area (Å²) in [5.41, 5.74) is 0.479. The van der Waals surface area contributed by atoms with Crippen molar-refractivity contribution in [2.75, 3.05) is 18.5 Å². The highest BCUT2D eigenvalue weighted by Gasteiger charge is 2.33. The Bertz CT molecular complexity index is 578. The smallest absolute Gasteiger partial charge is 0.252 e. The summed E-state index contributed by atoms with van der Waals surface area (Å²) in [6.07, 6.45) is -0.0185. The Labute approximate surface area is 133 Å². The molecule has 1 aromatic carbocycles. The molecule has 0 bridgehead atoms. The highest BCUT2D eigenvalue weighted by molar-refractivity contribution is 7.80. The number of carbonyl (C=O) groups excluding carboxylic acids is 1. The lowest BCUT2D eigenvalue weighted by Crippen LogP contribution is -2.31. The third kappa shape index (κ3) is 2.85. The van der Waals surface area contributed by atoms with Crippen molar-refractivity contribution in [2.45, 2.75) is 20.0 Å². The molecular weight excluding hydrogens is 319 g/mol. The number of rotatable bonds is 3. The summed E-state index contributed by atoms with van der Waals surface area (Å²) in [4.78, 5) is 15.1. The minimum Gasteiger partial charge on any atom is -0.489 e. The van der Waals surface area contributed by atoms with Gasteiger partial charge >= 0.3 is 0 Å². The van der Waals surface area contributed by atoms with E-state index in [0.29, 0.717) is 26.6 Å². The first-order valence-electron chi connectivity index (χ1n) is 6.05. The molecule has 0 saturated carbocycles. The minimum absolute atomic E-state index is 0.0185. The van der Waals surface area contributed by atoms with Crippen LogP contribution in [0.25, 0.3) is 0 Å². The van der Waals surface area contributed by atoms with E-state index in [1.165, 1.54) is 4.90 Å². The predicted octanol–water partition coefficient (Wildman–Crippen LogP) is 3.34. The van der Waals surface area contributed by atoms with Crippen molar-refractivity contribution >= 4 is 52.1 Å². The van der Waals surface area contributed by atoms with E-state index < -0.39 is 0 Å². The van der Waals surface area contributed by atoms with Gasteiger partial charge in [0.05, 0.1) is 28.4 Å². The molecule has 1 fully saturated rings. The highest BCUT2D eigenvalue weighted by atomic mass is 35.5. The Morgan fingerprint density at radius 1 is 1.30 bits per heavy atom. The van der Waals surface area contributed by atoms with Crippen LogP contribution >= 0.6 is 35.4 Å². The summed E-state index contributed by atoms with van der Waals surface area (Å²) < 4.78 is 5.56. The zero-order valence-corrected chi connectivity index (χ0v) is 13.6. The van der Waals surface area contributed by atoms with Crippen molar-refractivity contribution < 1.29 is 9.53 Å². The Morgan fingerprint density at radius 2 is 1.95 bits per heavy atom. The molecule has 4 nitrogen and oxygen atoms in total. The number of nitrogens with zero attached hydrogens (tertiary/aromatic N) is 2. The normalized spacial score (nSPS) is 15.5. The fourth-order valence-corrected chi connectivity index (χ4v) is 2.60. The lowest BCUT2D eigenvalue weighted by Gasteiger charge is -2.20. The summed E-state index contributed by atoms with van der Waals surface area (Å²) in [5.74, 6) is 0.356. The van der Waals surface area contributed by atoms with Crippen molar-refractivity contribution in [3.05, 3.63) is 22.2 Å². The quantitative estimate of drug-likeness (QED) is 0.795. The van der Waals surface area contributed by atoms with Crippen LogP contribution in [0.4, 0.5) is 5.69 Å². The molecule has 1 aliphatic heterocycles. The number of ether oxygens (including phenoxy) is 1. The minimum atomic E-state index is -0.131. The first kappa shape index (κ1) is 15.4. The Kier molecular flexibility index (Phi) is 4.42. The molecule has 0 aromatic heterocycles. The monoisotopic (exact) mass is 332 g/mol. The van der Waals surface area contributed by atoms with E-state index in [0.717, 1.165) is 0 Å². The molecule has 0 N–H and O–H groups in total. The van der Waals surface area contributed by atoms with Gasteiger partial charge in [-0.1, -0.05) is 23.2 Å². The molecule has 0 atom stereocenters. The van der Waals surface area contributed by atoms with Gasteiger partial charge in [-0.25, -0.2) is 0 Å². The fourth-order valence-electron chi connectivity index (χ4n) is 1.89.